The molecule has 39 heavy (non-hydrogen) atoms. The van der Waals surface area contributed by atoms with Gasteiger partial charge in [-0.1, -0.05) is 25.1 Å². The predicted molar refractivity (Wildman–Crippen MR) is 139 cm³/mol. The molecule has 1 fully saturated rings. The Kier molecular flexibility index (Phi) is 5.21. The SMILES string of the molecule is CC1(CO)CC(N)(c2ncc(-c3ccc4nc5n(c4c3)[C@@H]3C[C@H]5CC(=O)c4cccc(OC(F)F)c43)cn2)C1. The van der Waals surface area contributed by atoms with Gasteiger partial charge >= 0.3 is 6.61 Å². The molecule has 10 heteroatoms. The topological polar surface area (TPSA) is 116 Å². The van der Waals surface area contributed by atoms with Crippen molar-refractivity contribution >= 4 is 16.8 Å². The zero-order valence-electron chi connectivity index (χ0n) is 21.3. The van der Waals surface area contributed by atoms with Crippen molar-refractivity contribution in [2.24, 2.45) is 11.1 Å². The quantitative estimate of drug-likeness (QED) is 0.383. The largest absolute Gasteiger partial charge is 0.434 e. The lowest BCUT2D eigenvalue weighted by Crippen LogP contribution is -2.56. The van der Waals surface area contributed by atoms with Crippen molar-refractivity contribution in [2.45, 2.75) is 56.7 Å². The standard InChI is InChI=1S/C29H27F2N5O3/c1-28(14-37)12-29(32,13-28)26-33-10-17(11-34-26)15-5-6-19-20(7-15)36-21-8-16(25(36)35-19)9-22(38)18-3-2-4-23(24(18)21)39-27(30)31/h2-7,10-11,16,21,27,37H,8-9,12-14,32H2,1H3/t16-,21+,28?,29?/m0/s1. The zero-order chi connectivity index (χ0) is 27.1. The van der Waals surface area contributed by atoms with Gasteiger partial charge in [0.15, 0.2) is 5.78 Å². The van der Waals surface area contributed by atoms with E-state index in [1.165, 1.54) is 6.07 Å². The molecule has 8 nitrogen and oxygen atoms in total. The summed E-state index contributed by atoms with van der Waals surface area (Å²) < 4.78 is 33.5. The van der Waals surface area contributed by atoms with Crippen LogP contribution < -0.4 is 10.5 Å². The molecule has 3 N–H and O–H groups in total. The zero-order valence-corrected chi connectivity index (χ0v) is 21.3. The summed E-state index contributed by atoms with van der Waals surface area (Å²) in [7, 11) is 0. The van der Waals surface area contributed by atoms with Gasteiger partial charge in [-0.3, -0.25) is 4.79 Å². The van der Waals surface area contributed by atoms with Gasteiger partial charge in [-0.25, -0.2) is 15.0 Å². The molecule has 2 aliphatic carbocycles. The maximum absolute atomic E-state index is 13.3. The number of carbonyl (C=O) groups excluding carboxylic acids is 1. The van der Waals surface area contributed by atoms with Crippen LogP contribution in [0.15, 0.2) is 48.8 Å². The van der Waals surface area contributed by atoms with Crippen LogP contribution in [-0.2, 0) is 5.54 Å². The van der Waals surface area contributed by atoms with Gasteiger partial charge < -0.3 is 20.1 Å². The molecule has 0 unspecified atom stereocenters. The van der Waals surface area contributed by atoms with E-state index >= 15 is 0 Å². The molecule has 0 radical (unpaired) electrons. The Labute approximate surface area is 222 Å². The van der Waals surface area contributed by atoms with Crippen molar-refractivity contribution in [3.8, 4) is 16.9 Å². The highest BCUT2D eigenvalue weighted by molar-refractivity contribution is 6.00. The number of hydrogen-bond acceptors (Lipinski definition) is 7. The minimum atomic E-state index is -2.99. The molecule has 1 saturated carbocycles. The molecule has 4 aromatic rings. The van der Waals surface area contributed by atoms with Crippen LogP contribution in [0.3, 0.4) is 0 Å². The number of fused-ring (bicyclic) bond motifs is 9. The third kappa shape index (κ3) is 3.69. The van der Waals surface area contributed by atoms with Crippen molar-refractivity contribution in [1.29, 1.82) is 0 Å². The molecule has 2 atom stereocenters. The van der Waals surface area contributed by atoms with Gasteiger partial charge in [-0.2, -0.15) is 8.78 Å². The summed E-state index contributed by atoms with van der Waals surface area (Å²) in [5.41, 5.74) is 9.87. The number of nitrogens with zero attached hydrogens (tertiary/aromatic N) is 4. The summed E-state index contributed by atoms with van der Waals surface area (Å²) in [6, 6.07) is 10.3. The molecule has 2 aromatic heterocycles. The van der Waals surface area contributed by atoms with Crippen molar-refractivity contribution in [1.82, 2.24) is 19.5 Å². The molecule has 0 spiro atoms. The highest BCUT2D eigenvalue weighted by Gasteiger charge is 2.52. The Hall–Kier alpha value is -3.76. The van der Waals surface area contributed by atoms with Crippen LogP contribution in [0.5, 0.6) is 5.75 Å². The molecule has 200 valence electrons. The fourth-order valence-electron chi connectivity index (χ4n) is 6.95. The van der Waals surface area contributed by atoms with Crippen LogP contribution >= 0.6 is 0 Å². The molecule has 2 bridgehead atoms. The first-order valence-electron chi connectivity index (χ1n) is 13.0. The number of nitrogens with two attached hydrogens (primary N) is 1. The Balaban J connectivity index is 1.29. The van der Waals surface area contributed by atoms with E-state index in [9.17, 15) is 18.7 Å². The second-order valence-corrected chi connectivity index (χ2v) is 11.5. The third-order valence-electron chi connectivity index (χ3n) is 8.55. The number of aliphatic hydroxyl groups is 1. The number of aromatic nitrogens is 4. The van der Waals surface area contributed by atoms with E-state index in [0.29, 0.717) is 36.2 Å². The van der Waals surface area contributed by atoms with Crippen LogP contribution in [0, 0.1) is 5.41 Å². The highest BCUT2D eigenvalue weighted by atomic mass is 19.3. The average Bonchev–Trinajstić information content (AvgIpc) is 3.39. The number of ether oxygens (including phenoxy) is 1. The highest BCUT2D eigenvalue weighted by Crippen LogP contribution is 2.52. The van der Waals surface area contributed by atoms with Crippen molar-refractivity contribution in [3.63, 3.8) is 0 Å². The fraction of sp³-hybridized carbons (Fsp3) is 0.379. The summed E-state index contributed by atoms with van der Waals surface area (Å²) in [4.78, 5) is 27.0. The molecule has 7 rings (SSSR count). The maximum Gasteiger partial charge on any atom is 0.387 e. The molecule has 0 saturated heterocycles. The van der Waals surface area contributed by atoms with E-state index in [1.54, 1.807) is 24.5 Å². The van der Waals surface area contributed by atoms with E-state index in [4.69, 9.17) is 15.5 Å². The Morgan fingerprint density at radius 3 is 2.67 bits per heavy atom. The minimum absolute atomic E-state index is 0.0281. The summed E-state index contributed by atoms with van der Waals surface area (Å²) in [6.45, 7) is -0.916. The second-order valence-electron chi connectivity index (χ2n) is 11.5. The van der Waals surface area contributed by atoms with Gasteiger partial charge in [-0.15, -0.1) is 0 Å². The molecular weight excluding hydrogens is 504 g/mol. The summed E-state index contributed by atoms with van der Waals surface area (Å²) >= 11 is 0. The lowest BCUT2D eigenvalue weighted by atomic mass is 9.58. The first-order chi connectivity index (χ1) is 18.7. The van der Waals surface area contributed by atoms with E-state index in [2.05, 4.69) is 14.5 Å². The molecule has 2 aromatic carbocycles. The van der Waals surface area contributed by atoms with Gasteiger partial charge in [0.25, 0.3) is 0 Å². The summed E-state index contributed by atoms with van der Waals surface area (Å²) in [5.74, 6) is 1.17. The third-order valence-corrected chi connectivity index (χ3v) is 8.55. The van der Waals surface area contributed by atoms with E-state index < -0.39 is 12.2 Å². The van der Waals surface area contributed by atoms with Gasteiger partial charge in [0, 0.05) is 48.0 Å². The number of halogens is 2. The van der Waals surface area contributed by atoms with Crippen molar-refractivity contribution in [2.75, 3.05) is 6.61 Å². The first-order valence-corrected chi connectivity index (χ1v) is 13.0. The first kappa shape index (κ1) is 24.3. The number of alkyl halides is 2. The monoisotopic (exact) mass is 531 g/mol. The lowest BCUT2D eigenvalue weighted by Gasteiger charge is -2.50. The van der Waals surface area contributed by atoms with Crippen LogP contribution in [0.4, 0.5) is 8.78 Å². The van der Waals surface area contributed by atoms with Gasteiger partial charge in [0.05, 0.1) is 22.6 Å². The number of hydrogen-bond donors (Lipinski definition) is 2. The van der Waals surface area contributed by atoms with Crippen molar-refractivity contribution < 1.29 is 23.4 Å². The Morgan fingerprint density at radius 2 is 1.95 bits per heavy atom. The number of aliphatic hydroxyl groups excluding tert-OH is 1. The van der Waals surface area contributed by atoms with Crippen molar-refractivity contribution in [3.05, 3.63) is 71.6 Å². The number of imidazole rings is 1. The van der Waals surface area contributed by atoms with Crippen LogP contribution in [0.25, 0.3) is 22.2 Å². The minimum Gasteiger partial charge on any atom is -0.434 e. The number of carbonyl (C=O) groups is 1. The molecule has 0 amide bonds. The maximum atomic E-state index is 13.3. The van der Waals surface area contributed by atoms with Crippen LogP contribution in [0.1, 0.15) is 72.1 Å². The van der Waals surface area contributed by atoms with E-state index in [0.717, 1.165) is 28.0 Å². The Morgan fingerprint density at radius 1 is 1.18 bits per heavy atom. The average molecular weight is 532 g/mol. The van der Waals surface area contributed by atoms with Crippen LogP contribution in [-0.4, -0.2) is 43.6 Å². The molecule has 3 aliphatic rings. The summed E-state index contributed by atoms with van der Waals surface area (Å²) in [6.07, 6.45) is 5.60. The number of benzene rings is 2. The van der Waals surface area contributed by atoms with Gasteiger partial charge in [-0.05, 0) is 48.4 Å². The van der Waals surface area contributed by atoms with Crippen LogP contribution in [0.2, 0.25) is 0 Å². The van der Waals surface area contributed by atoms with E-state index in [-0.39, 0.29) is 41.9 Å². The number of ketones is 1. The van der Waals surface area contributed by atoms with Gasteiger partial charge in [0.2, 0.25) is 0 Å². The fourth-order valence-corrected chi connectivity index (χ4v) is 6.95. The Bertz CT molecular complexity index is 1630. The molecule has 1 aliphatic heterocycles. The smallest absolute Gasteiger partial charge is 0.387 e. The lowest BCUT2D eigenvalue weighted by molar-refractivity contribution is -0.0507. The van der Waals surface area contributed by atoms with Gasteiger partial charge in [0.1, 0.15) is 17.4 Å². The molecule has 3 heterocycles. The predicted octanol–water partition coefficient (Wildman–Crippen LogP) is 4.70. The second kappa shape index (κ2) is 8.37. The summed E-state index contributed by atoms with van der Waals surface area (Å²) in [5, 5.41) is 9.59. The normalized spacial score (nSPS) is 27.3. The number of rotatable bonds is 5. The molecular formula is C29H27F2N5O3. The van der Waals surface area contributed by atoms with E-state index in [1.807, 2.05) is 25.1 Å². The number of Topliss-reactive ketones (excluding diaryl/α,β-unsaturated/α-hetero) is 1.